The first kappa shape index (κ1) is 15.1. The maximum Gasteiger partial charge on any atom is 0.194 e. The Kier molecular flexibility index (Phi) is 4.88. The van der Waals surface area contributed by atoms with Gasteiger partial charge in [-0.15, -0.1) is 6.58 Å². The highest BCUT2D eigenvalue weighted by Gasteiger charge is 2.40. The Hall–Kier alpha value is -0.933. The van der Waals surface area contributed by atoms with Crippen LogP contribution < -0.4 is 0 Å². The molecule has 0 fully saturated rings. The molecule has 0 aliphatic heterocycles. The summed E-state index contributed by atoms with van der Waals surface area (Å²) in [6.45, 7) is 14.1. The standard InChI is InChI=1S/C15H24O2Si/c1-7-8-9-12-13(10-11(2)3)14(16)15(12)17-18(4,5)6/h7,10,15H,1,8-9H2,2-6H3. The number of carbonyl (C=O) groups excluding carboxylic acids is 1. The zero-order valence-corrected chi connectivity index (χ0v) is 13.2. The molecule has 0 bridgehead atoms. The van der Waals surface area contributed by atoms with Gasteiger partial charge in [-0.1, -0.05) is 17.7 Å². The van der Waals surface area contributed by atoms with Crippen LogP contribution in [0.2, 0.25) is 19.6 Å². The summed E-state index contributed by atoms with van der Waals surface area (Å²) in [6.07, 6.45) is 5.35. The summed E-state index contributed by atoms with van der Waals surface area (Å²) in [5.41, 5.74) is 3.17. The highest BCUT2D eigenvalue weighted by Crippen LogP contribution is 2.34. The third kappa shape index (κ3) is 3.78. The third-order valence-electron chi connectivity index (χ3n) is 2.69. The van der Waals surface area contributed by atoms with Crippen LogP contribution >= 0.6 is 0 Å². The van der Waals surface area contributed by atoms with Gasteiger partial charge in [0, 0.05) is 5.57 Å². The van der Waals surface area contributed by atoms with Gasteiger partial charge in [-0.05, 0) is 51.9 Å². The lowest BCUT2D eigenvalue weighted by atomic mass is 9.80. The van der Waals surface area contributed by atoms with E-state index in [9.17, 15) is 4.79 Å². The molecule has 0 aromatic carbocycles. The van der Waals surface area contributed by atoms with Gasteiger partial charge in [0.15, 0.2) is 14.1 Å². The van der Waals surface area contributed by atoms with Crippen LogP contribution in [0.15, 0.2) is 35.5 Å². The molecule has 18 heavy (non-hydrogen) atoms. The van der Waals surface area contributed by atoms with Crippen molar-refractivity contribution in [3.63, 3.8) is 0 Å². The number of Topliss-reactive ketones (excluding diaryl/α,β-unsaturated/α-hetero) is 1. The van der Waals surface area contributed by atoms with Crippen molar-refractivity contribution in [1.82, 2.24) is 0 Å². The van der Waals surface area contributed by atoms with Crippen LogP contribution in [0, 0.1) is 0 Å². The summed E-state index contributed by atoms with van der Waals surface area (Å²) < 4.78 is 5.98. The highest BCUT2D eigenvalue weighted by molar-refractivity contribution is 6.70. The van der Waals surface area contributed by atoms with Crippen LogP contribution in [-0.4, -0.2) is 20.2 Å². The second kappa shape index (κ2) is 5.80. The average Bonchev–Trinajstić information content (AvgIpc) is 2.24. The van der Waals surface area contributed by atoms with E-state index in [2.05, 4.69) is 26.2 Å². The lowest BCUT2D eigenvalue weighted by Gasteiger charge is -2.35. The Bertz CT molecular complexity index is 407. The molecule has 0 heterocycles. The van der Waals surface area contributed by atoms with E-state index in [0.717, 1.165) is 29.6 Å². The number of carbonyl (C=O) groups is 1. The number of allylic oxidation sites excluding steroid dienone is 3. The quantitative estimate of drug-likeness (QED) is 0.535. The molecule has 1 aliphatic carbocycles. The number of ketones is 1. The molecule has 1 atom stereocenters. The van der Waals surface area contributed by atoms with Crippen LogP contribution in [-0.2, 0) is 9.22 Å². The van der Waals surface area contributed by atoms with Crippen molar-refractivity contribution in [2.45, 2.75) is 52.4 Å². The summed E-state index contributed by atoms with van der Waals surface area (Å²) in [4.78, 5) is 12.1. The van der Waals surface area contributed by atoms with Gasteiger partial charge >= 0.3 is 0 Å². The Morgan fingerprint density at radius 3 is 2.44 bits per heavy atom. The van der Waals surface area contributed by atoms with Crippen LogP contribution in [0.3, 0.4) is 0 Å². The van der Waals surface area contributed by atoms with Crippen LogP contribution in [0.4, 0.5) is 0 Å². The van der Waals surface area contributed by atoms with E-state index in [1.807, 2.05) is 26.0 Å². The summed E-state index contributed by atoms with van der Waals surface area (Å²) in [5, 5.41) is 0. The first-order valence-corrected chi connectivity index (χ1v) is 9.88. The molecule has 0 aromatic heterocycles. The lowest BCUT2D eigenvalue weighted by molar-refractivity contribution is -0.123. The fraction of sp³-hybridized carbons (Fsp3) is 0.533. The molecule has 0 amide bonds. The molecule has 0 spiro atoms. The minimum absolute atomic E-state index is 0.151. The second-order valence-electron chi connectivity index (χ2n) is 5.96. The van der Waals surface area contributed by atoms with Gasteiger partial charge in [0.2, 0.25) is 0 Å². The van der Waals surface area contributed by atoms with E-state index >= 15 is 0 Å². The van der Waals surface area contributed by atoms with Crippen molar-refractivity contribution in [3.05, 3.63) is 35.5 Å². The maximum atomic E-state index is 12.1. The summed E-state index contributed by atoms with van der Waals surface area (Å²) >= 11 is 0. The number of hydrogen-bond donors (Lipinski definition) is 0. The molecule has 0 aromatic rings. The minimum atomic E-state index is -1.68. The number of rotatable bonds is 6. The van der Waals surface area contributed by atoms with Gasteiger partial charge in [0.1, 0.15) is 6.10 Å². The van der Waals surface area contributed by atoms with Crippen molar-refractivity contribution >= 4 is 14.1 Å². The van der Waals surface area contributed by atoms with Crippen molar-refractivity contribution in [1.29, 1.82) is 0 Å². The van der Waals surface area contributed by atoms with Gasteiger partial charge in [-0.2, -0.15) is 0 Å². The van der Waals surface area contributed by atoms with Gasteiger partial charge in [-0.3, -0.25) is 4.79 Å². The largest absolute Gasteiger partial charge is 0.404 e. The molecule has 2 nitrogen and oxygen atoms in total. The Balaban J connectivity index is 2.94. The predicted octanol–water partition coefficient (Wildman–Crippen LogP) is 4.02. The fourth-order valence-electron chi connectivity index (χ4n) is 1.98. The normalized spacial score (nSPS) is 19.6. The van der Waals surface area contributed by atoms with E-state index in [4.69, 9.17) is 4.43 Å². The topological polar surface area (TPSA) is 26.3 Å². The lowest BCUT2D eigenvalue weighted by Crippen LogP contribution is -2.45. The van der Waals surface area contributed by atoms with Crippen molar-refractivity contribution < 1.29 is 9.22 Å². The molecule has 0 radical (unpaired) electrons. The summed E-state index contributed by atoms with van der Waals surface area (Å²) in [5.74, 6) is 0.151. The van der Waals surface area contributed by atoms with Crippen LogP contribution in [0.25, 0.3) is 0 Å². The SMILES string of the molecule is C=CCCC1=C(C=C(C)C)C(=O)C1O[Si](C)(C)C. The van der Waals surface area contributed by atoms with Crippen molar-refractivity contribution in [2.24, 2.45) is 0 Å². The minimum Gasteiger partial charge on any atom is -0.404 e. The molecule has 0 saturated carbocycles. The highest BCUT2D eigenvalue weighted by atomic mass is 28.4. The van der Waals surface area contributed by atoms with Gasteiger partial charge in [0.25, 0.3) is 0 Å². The number of hydrogen-bond acceptors (Lipinski definition) is 2. The maximum absolute atomic E-state index is 12.1. The van der Waals surface area contributed by atoms with E-state index in [1.165, 1.54) is 0 Å². The van der Waals surface area contributed by atoms with E-state index in [-0.39, 0.29) is 11.9 Å². The molecule has 1 rings (SSSR count). The smallest absolute Gasteiger partial charge is 0.194 e. The Labute approximate surface area is 112 Å². The molecular formula is C15H24O2Si. The zero-order valence-electron chi connectivity index (χ0n) is 12.2. The monoisotopic (exact) mass is 264 g/mol. The molecule has 3 heteroatoms. The predicted molar refractivity (Wildman–Crippen MR) is 79.1 cm³/mol. The Morgan fingerprint density at radius 2 is 2.00 bits per heavy atom. The molecule has 100 valence electrons. The van der Waals surface area contributed by atoms with Crippen molar-refractivity contribution in [3.8, 4) is 0 Å². The van der Waals surface area contributed by atoms with Crippen LogP contribution in [0.1, 0.15) is 26.7 Å². The van der Waals surface area contributed by atoms with Gasteiger partial charge in [0.05, 0.1) is 0 Å². The zero-order chi connectivity index (χ0) is 13.9. The van der Waals surface area contributed by atoms with Gasteiger partial charge in [-0.25, -0.2) is 0 Å². The molecule has 0 saturated heterocycles. The van der Waals surface area contributed by atoms with E-state index < -0.39 is 8.32 Å². The molecule has 1 aliphatic rings. The van der Waals surface area contributed by atoms with E-state index in [1.54, 1.807) is 0 Å². The van der Waals surface area contributed by atoms with E-state index in [0.29, 0.717) is 0 Å². The molecule has 1 unspecified atom stereocenters. The first-order valence-electron chi connectivity index (χ1n) is 6.47. The second-order valence-corrected chi connectivity index (χ2v) is 10.4. The molecule has 0 N–H and O–H groups in total. The third-order valence-corrected chi connectivity index (χ3v) is 3.63. The fourth-order valence-corrected chi connectivity index (χ4v) is 2.93. The summed E-state index contributed by atoms with van der Waals surface area (Å²) in [7, 11) is -1.68. The Morgan fingerprint density at radius 1 is 1.39 bits per heavy atom. The average molecular weight is 264 g/mol. The van der Waals surface area contributed by atoms with Crippen molar-refractivity contribution in [2.75, 3.05) is 0 Å². The van der Waals surface area contributed by atoms with Gasteiger partial charge < -0.3 is 4.43 Å². The molecular weight excluding hydrogens is 240 g/mol. The van der Waals surface area contributed by atoms with Crippen LogP contribution in [0.5, 0.6) is 0 Å². The first-order chi connectivity index (χ1) is 8.26. The summed E-state index contributed by atoms with van der Waals surface area (Å²) in [6, 6.07) is 0.